The maximum absolute atomic E-state index is 12.5. The lowest BCUT2D eigenvalue weighted by molar-refractivity contribution is -0.132. The lowest BCUT2D eigenvalue weighted by atomic mass is 10.1. The molecule has 33 heavy (non-hydrogen) atoms. The second-order valence-corrected chi connectivity index (χ2v) is 8.62. The van der Waals surface area contributed by atoms with Crippen LogP contribution >= 0.6 is 27.3 Å². The van der Waals surface area contributed by atoms with Crippen molar-refractivity contribution in [1.29, 1.82) is 5.26 Å². The highest BCUT2D eigenvalue weighted by Gasteiger charge is 2.15. The van der Waals surface area contributed by atoms with Gasteiger partial charge in [0.15, 0.2) is 11.5 Å². The van der Waals surface area contributed by atoms with Gasteiger partial charge in [-0.3, -0.25) is 4.79 Å². The topological polar surface area (TPSA) is 102 Å². The van der Waals surface area contributed by atoms with Gasteiger partial charge in [-0.2, -0.15) is 5.26 Å². The molecule has 0 aliphatic carbocycles. The number of nitriles is 1. The third-order valence-electron chi connectivity index (χ3n) is 4.58. The number of benzene rings is 2. The van der Waals surface area contributed by atoms with Crippen LogP contribution in [0, 0.1) is 11.3 Å². The minimum Gasteiger partial charge on any atom is -0.493 e. The van der Waals surface area contributed by atoms with Crippen LogP contribution < -0.4 is 15.1 Å². The summed E-state index contributed by atoms with van der Waals surface area (Å²) in [6.07, 6.45) is 1.64. The largest absolute Gasteiger partial charge is 0.493 e. The highest BCUT2D eigenvalue weighted by Crippen LogP contribution is 2.31. The highest BCUT2D eigenvalue weighted by atomic mass is 79.9. The van der Waals surface area contributed by atoms with E-state index in [4.69, 9.17) is 13.9 Å². The number of fused-ring (bicyclic) bond motifs is 1. The lowest BCUT2D eigenvalue weighted by Crippen LogP contribution is -2.03. The maximum Gasteiger partial charge on any atom is 0.345 e. The van der Waals surface area contributed by atoms with E-state index in [-0.39, 0.29) is 5.75 Å². The zero-order valence-corrected chi connectivity index (χ0v) is 19.8. The molecule has 0 radical (unpaired) electrons. The van der Waals surface area contributed by atoms with E-state index in [2.05, 4.69) is 27.0 Å². The fourth-order valence-electron chi connectivity index (χ4n) is 3.12. The molecule has 9 heteroatoms. The third-order valence-corrected chi connectivity index (χ3v) is 5.95. The van der Waals surface area contributed by atoms with Crippen molar-refractivity contribution in [3.05, 3.63) is 73.3 Å². The minimum atomic E-state index is -0.505. The number of carbonyl (C=O) groups is 1. The van der Waals surface area contributed by atoms with E-state index in [1.165, 1.54) is 25.4 Å². The number of halogens is 1. The van der Waals surface area contributed by atoms with Crippen molar-refractivity contribution in [3.63, 3.8) is 0 Å². The molecule has 4 rings (SSSR count). The number of aromatic nitrogens is 1. The Morgan fingerprint density at radius 1 is 1.21 bits per heavy atom. The van der Waals surface area contributed by atoms with Gasteiger partial charge in [0.1, 0.15) is 16.7 Å². The molecule has 0 saturated carbocycles. The van der Waals surface area contributed by atoms with E-state index < -0.39 is 11.6 Å². The zero-order chi connectivity index (χ0) is 23.5. The molecular weight excluding hydrogens is 508 g/mol. The van der Waals surface area contributed by atoms with Crippen molar-refractivity contribution in [2.75, 3.05) is 7.11 Å². The van der Waals surface area contributed by atoms with Crippen LogP contribution in [0.3, 0.4) is 0 Å². The van der Waals surface area contributed by atoms with E-state index in [0.717, 1.165) is 9.86 Å². The number of ether oxygens (including phenoxy) is 2. The average Bonchev–Trinajstić information content (AvgIpc) is 3.27. The van der Waals surface area contributed by atoms with Gasteiger partial charge in [-0.05, 0) is 48.0 Å². The molecule has 0 saturated heterocycles. The number of hydrogen-bond acceptors (Lipinski definition) is 8. The number of carbonyl (C=O) groups excluding carboxylic acids is 1. The normalized spacial score (nSPS) is 11.3. The van der Waals surface area contributed by atoms with Gasteiger partial charge in [-0.1, -0.05) is 22.0 Å². The standard InChI is InChI=1S/C24H15BrN2O5S/c1-13(28)31-21-5-3-14(8-22(21)30-2)7-16(11-26)23-27-19(12-33-23)18-10-15-9-17(25)4-6-20(15)32-24(18)29/h3-10,12H,1-2H3/b16-7+. The van der Waals surface area contributed by atoms with Gasteiger partial charge in [-0.15, -0.1) is 11.3 Å². The Morgan fingerprint density at radius 2 is 2.03 bits per heavy atom. The van der Waals surface area contributed by atoms with E-state index in [0.29, 0.717) is 38.7 Å². The maximum atomic E-state index is 12.5. The molecule has 0 aliphatic rings. The van der Waals surface area contributed by atoms with Gasteiger partial charge in [0.2, 0.25) is 0 Å². The second-order valence-electron chi connectivity index (χ2n) is 6.84. The summed E-state index contributed by atoms with van der Waals surface area (Å²) in [5.74, 6) is 0.179. The van der Waals surface area contributed by atoms with Crippen LogP contribution in [0.4, 0.5) is 0 Å². The van der Waals surface area contributed by atoms with E-state index in [1.54, 1.807) is 47.9 Å². The van der Waals surface area contributed by atoms with Crippen LogP contribution in [0.1, 0.15) is 17.5 Å². The summed E-state index contributed by atoms with van der Waals surface area (Å²) in [5.41, 5.74) is 1.68. The number of methoxy groups -OCH3 is 1. The van der Waals surface area contributed by atoms with Crippen molar-refractivity contribution >= 4 is 55.9 Å². The molecule has 0 N–H and O–H groups in total. The molecule has 0 unspecified atom stereocenters. The molecule has 164 valence electrons. The second kappa shape index (κ2) is 9.40. The van der Waals surface area contributed by atoms with Gasteiger partial charge in [0.05, 0.1) is 23.9 Å². The molecule has 0 atom stereocenters. The molecule has 0 spiro atoms. The predicted molar refractivity (Wildman–Crippen MR) is 129 cm³/mol. The van der Waals surface area contributed by atoms with Crippen LogP contribution in [-0.2, 0) is 4.79 Å². The molecule has 0 bridgehead atoms. The summed E-state index contributed by atoms with van der Waals surface area (Å²) < 4.78 is 16.7. The Bertz CT molecular complexity index is 1510. The highest BCUT2D eigenvalue weighted by molar-refractivity contribution is 9.10. The number of hydrogen-bond donors (Lipinski definition) is 0. The number of esters is 1. The summed E-state index contributed by atoms with van der Waals surface area (Å²) in [6, 6.07) is 14.2. The van der Waals surface area contributed by atoms with Gasteiger partial charge >= 0.3 is 11.6 Å². The summed E-state index contributed by atoms with van der Waals surface area (Å²) in [5, 5.41) is 12.6. The van der Waals surface area contributed by atoms with E-state index in [9.17, 15) is 14.9 Å². The smallest absolute Gasteiger partial charge is 0.345 e. The summed E-state index contributed by atoms with van der Waals surface area (Å²) >= 11 is 4.65. The summed E-state index contributed by atoms with van der Waals surface area (Å²) in [4.78, 5) is 28.2. The van der Waals surface area contributed by atoms with Gasteiger partial charge < -0.3 is 13.9 Å². The Morgan fingerprint density at radius 3 is 2.76 bits per heavy atom. The van der Waals surface area contributed by atoms with Gasteiger partial charge in [-0.25, -0.2) is 9.78 Å². The van der Waals surface area contributed by atoms with Crippen molar-refractivity contribution in [2.24, 2.45) is 0 Å². The van der Waals surface area contributed by atoms with Crippen LogP contribution in [-0.4, -0.2) is 18.1 Å². The minimum absolute atomic E-state index is 0.284. The first kappa shape index (κ1) is 22.5. The number of rotatable bonds is 5. The quantitative estimate of drug-likeness (QED) is 0.144. The lowest BCUT2D eigenvalue weighted by Gasteiger charge is -2.08. The van der Waals surface area contributed by atoms with Crippen molar-refractivity contribution < 1.29 is 18.7 Å². The number of nitrogens with zero attached hydrogens (tertiary/aromatic N) is 2. The molecule has 0 amide bonds. The Balaban J connectivity index is 1.70. The van der Waals surface area contributed by atoms with E-state index in [1.807, 2.05) is 6.07 Å². The molecule has 0 fully saturated rings. The van der Waals surface area contributed by atoms with Crippen LogP contribution in [0.5, 0.6) is 11.5 Å². The monoisotopic (exact) mass is 522 g/mol. The first-order chi connectivity index (χ1) is 15.9. The van der Waals surface area contributed by atoms with Crippen molar-refractivity contribution in [2.45, 2.75) is 6.92 Å². The fourth-order valence-corrected chi connectivity index (χ4v) is 4.28. The first-order valence-corrected chi connectivity index (χ1v) is 11.2. The molecule has 2 heterocycles. The molecular formula is C24H15BrN2O5S. The Labute approximate surface area is 200 Å². The first-order valence-electron chi connectivity index (χ1n) is 9.56. The van der Waals surface area contributed by atoms with Gasteiger partial charge in [0, 0.05) is 22.2 Å². The number of thiazole rings is 1. The molecule has 2 aromatic carbocycles. The zero-order valence-electron chi connectivity index (χ0n) is 17.4. The SMILES string of the molecule is COc1cc(/C=C(\C#N)c2nc(-c3cc4cc(Br)ccc4oc3=O)cs2)ccc1OC(C)=O. The van der Waals surface area contributed by atoms with Gasteiger partial charge in [0.25, 0.3) is 0 Å². The molecule has 2 aromatic heterocycles. The van der Waals surface area contributed by atoms with Crippen molar-refractivity contribution in [3.8, 4) is 28.8 Å². The summed E-state index contributed by atoms with van der Waals surface area (Å²) in [6.45, 7) is 1.30. The fraction of sp³-hybridized carbons (Fsp3) is 0.0833. The van der Waals surface area contributed by atoms with Crippen LogP contribution in [0.15, 0.2) is 61.5 Å². The Kier molecular flexibility index (Phi) is 6.40. The van der Waals surface area contributed by atoms with E-state index >= 15 is 0 Å². The average molecular weight is 523 g/mol. The third kappa shape index (κ3) is 4.87. The molecule has 7 nitrogen and oxygen atoms in total. The molecule has 4 aromatic rings. The van der Waals surface area contributed by atoms with Crippen LogP contribution in [0.2, 0.25) is 0 Å². The predicted octanol–water partition coefficient (Wildman–Crippen LogP) is 5.68. The number of allylic oxidation sites excluding steroid dienone is 1. The molecule has 0 aliphatic heterocycles. The van der Waals surface area contributed by atoms with Crippen LogP contribution in [0.25, 0.3) is 33.9 Å². The van der Waals surface area contributed by atoms with Crippen molar-refractivity contribution in [1.82, 2.24) is 4.98 Å². The summed E-state index contributed by atoms with van der Waals surface area (Å²) in [7, 11) is 1.46. The Hall–Kier alpha value is -3.74.